The van der Waals surface area contributed by atoms with Gasteiger partial charge in [0.15, 0.2) is 9.84 Å². The van der Waals surface area contributed by atoms with Crippen LogP contribution in [0.5, 0.6) is 0 Å². The molecule has 0 amide bonds. The summed E-state index contributed by atoms with van der Waals surface area (Å²) in [7, 11) is -2.95. The van der Waals surface area contributed by atoms with Gasteiger partial charge in [-0.15, -0.1) is 0 Å². The molecular formula is C10H13FN2O2S. The minimum absolute atomic E-state index is 0.0663. The van der Waals surface area contributed by atoms with E-state index in [9.17, 15) is 12.8 Å². The van der Waals surface area contributed by atoms with Gasteiger partial charge in [0.05, 0.1) is 17.2 Å². The maximum atomic E-state index is 13.4. The van der Waals surface area contributed by atoms with Crippen molar-refractivity contribution in [2.75, 3.05) is 22.6 Å². The average molecular weight is 244 g/mol. The third kappa shape index (κ3) is 2.44. The van der Waals surface area contributed by atoms with Crippen molar-refractivity contribution in [3.05, 3.63) is 24.0 Å². The van der Waals surface area contributed by atoms with Gasteiger partial charge in [-0.05, 0) is 24.6 Å². The standard InChI is InChI=1S/C10H13FN2O2S/c11-9-5-7(12)1-2-10(9)13-8-3-4-16(14,15)6-8/h1-2,5,8,13H,3-4,6,12H2. The van der Waals surface area contributed by atoms with Crippen molar-refractivity contribution in [2.24, 2.45) is 0 Å². The molecule has 0 aliphatic carbocycles. The molecule has 4 nitrogen and oxygen atoms in total. The van der Waals surface area contributed by atoms with Crippen LogP contribution in [0.25, 0.3) is 0 Å². The number of anilines is 2. The summed E-state index contributed by atoms with van der Waals surface area (Å²) in [6.07, 6.45) is 0.520. The fraction of sp³-hybridized carbons (Fsp3) is 0.400. The molecule has 6 heteroatoms. The maximum absolute atomic E-state index is 13.4. The number of rotatable bonds is 2. The molecular weight excluding hydrogens is 231 g/mol. The monoisotopic (exact) mass is 244 g/mol. The lowest BCUT2D eigenvalue weighted by molar-refractivity contribution is 0.601. The minimum Gasteiger partial charge on any atom is -0.399 e. The van der Waals surface area contributed by atoms with Crippen molar-refractivity contribution < 1.29 is 12.8 Å². The zero-order valence-corrected chi connectivity index (χ0v) is 9.43. The highest BCUT2D eigenvalue weighted by Crippen LogP contribution is 2.21. The molecule has 2 rings (SSSR count). The zero-order chi connectivity index (χ0) is 11.8. The van der Waals surface area contributed by atoms with Crippen LogP contribution in [0.1, 0.15) is 6.42 Å². The molecule has 1 unspecified atom stereocenters. The number of hydrogen-bond donors (Lipinski definition) is 2. The Morgan fingerprint density at radius 1 is 1.44 bits per heavy atom. The number of hydrogen-bond acceptors (Lipinski definition) is 4. The van der Waals surface area contributed by atoms with E-state index in [1.54, 1.807) is 6.07 Å². The third-order valence-electron chi connectivity index (χ3n) is 2.59. The topological polar surface area (TPSA) is 72.2 Å². The molecule has 0 aromatic heterocycles. The molecule has 1 aliphatic rings. The summed E-state index contributed by atoms with van der Waals surface area (Å²) in [6, 6.07) is 4.11. The lowest BCUT2D eigenvalue weighted by atomic mass is 10.2. The van der Waals surface area contributed by atoms with E-state index in [0.29, 0.717) is 17.8 Å². The fourth-order valence-corrected chi connectivity index (χ4v) is 3.45. The molecule has 16 heavy (non-hydrogen) atoms. The molecule has 0 radical (unpaired) electrons. The minimum atomic E-state index is -2.95. The Labute approximate surface area is 93.6 Å². The van der Waals surface area contributed by atoms with Crippen molar-refractivity contribution in [3.63, 3.8) is 0 Å². The first-order chi connectivity index (χ1) is 7.46. The van der Waals surface area contributed by atoms with E-state index in [2.05, 4.69) is 5.32 Å². The van der Waals surface area contributed by atoms with E-state index >= 15 is 0 Å². The van der Waals surface area contributed by atoms with Crippen LogP contribution < -0.4 is 11.1 Å². The Hall–Kier alpha value is -1.30. The highest BCUT2D eigenvalue weighted by Gasteiger charge is 2.28. The van der Waals surface area contributed by atoms with Crippen LogP contribution in [0.15, 0.2) is 18.2 Å². The van der Waals surface area contributed by atoms with Gasteiger partial charge >= 0.3 is 0 Å². The van der Waals surface area contributed by atoms with E-state index in [1.807, 2.05) is 0 Å². The van der Waals surface area contributed by atoms with Gasteiger partial charge in [0.25, 0.3) is 0 Å². The molecule has 1 aromatic carbocycles. The van der Waals surface area contributed by atoms with Crippen LogP contribution in [0.3, 0.4) is 0 Å². The number of nitrogen functional groups attached to an aromatic ring is 1. The molecule has 1 atom stereocenters. The van der Waals surface area contributed by atoms with Crippen LogP contribution in [-0.2, 0) is 9.84 Å². The Balaban J connectivity index is 2.11. The van der Waals surface area contributed by atoms with E-state index < -0.39 is 15.7 Å². The number of sulfone groups is 1. The molecule has 1 heterocycles. The highest BCUT2D eigenvalue weighted by atomic mass is 32.2. The van der Waals surface area contributed by atoms with E-state index in [0.717, 1.165) is 0 Å². The van der Waals surface area contributed by atoms with Gasteiger partial charge in [-0.25, -0.2) is 12.8 Å². The molecule has 0 spiro atoms. The van der Waals surface area contributed by atoms with Crippen molar-refractivity contribution in [3.8, 4) is 0 Å². The normalized spacial score (nSPS) is 23.2. The van der Waals surface area contributed by atoms with Gasteiger partial charge < -0.3 is 11.1 Å². The second kappa shape index (κ2) is 3.93. The summed E-state index contributed by atoms with van der Waals surface area (Å²) >= 11 is 0. The zero-order valence-electron chi connectivity index (χ0n) is 8.61. The smallest absolute Gasteiger partial charge is 0.152 e. The van der Waals surface area contributed by atoms with Crippen molar-refractivity contribution in [1.29, 1.82) is 0 Å². The van der Waals surface area contributed by atoms with Crippen molar-refractivity contribution >= 4 is 21.2 Å². The lowest BCUT2D eigenvalue weighted by Crippen LogP contribution is -2.21. The summed E-state index contributed by atoms with van der Waals surface area (Å²) in [5.74, 6) is -0.220. The van der Waals surface area contributed by atoms with E-state index in [-0.39, 0.29) is 17.5 Å². The van der Waals surface area contributed by atoms with Gasteiger partial charge in [-0.3, -0.25) is 0 Å². The Kier molecular flexibility index (Phi) is 2.75. The molecule has 1 saturated heterocycles. The van der Waals surface area contributed by atoms with Crippen LogP contribution >= 0.6 is 0 Å². The molecule has 1 aliphatic heterocycles. The van der Waals surface area contributed by atoms with Crippen LogP contribution in [0.4, 0.5) is 15.8 Å². The third-order valence-corrected chi connectivity index (χ3v) is 4.35. The SMILES string of the molecule is Nc1ccc(NC2CCS(=O)(=O)C2)c(F)c1. The van der Waals surface area contributed by atoms with E-state index in [1.165, 1.54) is 12.1 Å². The van der Waals surface area contributed by atoms with Crippen LogP contribution in [0.2, 0.25) is 0 Å². The molecule has 88 valence electrons. The van der Waals surface area contributed by atoms with Gasteiger partial charge in [0, 0.05) is 11.7 Å². The molecule has 1 fully saturated rings. The quantitative estimate of drug-likeness (QED) is 0.761. The lowest BCUT2D eigenvalue weighted by Gasteiger charge is -2.13. The Morgan fingerprint density at radius 2 is 2.19 bits per heavy atom. The van der Waals surface area contributed by atoms with Crippen LogP contribution in [0, 0.1) is 5.82 Å². The number of benzene rings is 1. The largest absolute Gasteiger partial charge is 0.399 e. The van der Waals surface area contributed by atoms with Crippen LogP contribution in [-0.4, -0.2) is 26.0 Å². The molecule has 3 N–H and O–H groups in total. The highest BCUT2D eigenvalue weighted by molar-refractivity contribution is 7.91. The van der Waals surface area contributed by atoms with Gasteiger partial charge in [0.2, 0.25) is 0 Å². The first-order valence-electron chi connectivity index (χ1n) is 4.98. The fourth-order valence-electron chi connectivity index (χ4n) is 1.78. The number of nitrogens with one attached hydrogen (secondary N) is 1. The molecule has 1 aromatic rings. The first-order valence-corrected chi connectivity index (χ1v) is 6.80. The second-order valence-electron chi connectivity index (χ2n) is 3.98. The summed E-state index contributed by atoms with van der Waals surface area (Å²) in [6.45, 7) is 0. The Morgan fingerprint density at radius 3 is 2.75 bits per heavy atom. The summed E-state index contributed by atoms with van der Waals surface area (Å²) in [4.78, 5) is 0. The van der Waals surface area contributed by atoms with E-state index in [4.69, 9.17) is 5.73 Å². The first kappa shape index (κ1) is 11.2. The van der Waals surface area contributed by atoms with Gasteiger partial charge in [-0.2, -0.15) is 0 Å². The number of nitrogens with two attached hydrogens (primary N) is 1. The molecule has 0 bridgehead atoms. The average Bonchev–Trinajstić information content (AvgIpc) is 2.51. The Bertz CT molecular complexity index is 502. The predicted octanol–water partition coefficient (Wildman–Crippen LogP) is 1.01. The number of halogens is 1. The summed E-state index contributed by atoms with van der Waals surface area (Å²) in [5, 5.41) is 2.88. The van der Waals surface area contributed by atoms with Crippen molar-refractivity contribution in [2.45, 2.75) is 12.5 Å². The summed E-state index contributed by atoms with van der Waals surface area (Å²) in [5.41, 5.74) is 6.07. The van der Waals surface area contributed by atoms with Gasteiger partial charge in [0.1, 0.15) is 5.82 Å². The second-order valence-corrected chi connectivity index (χ2v) is 6.21. The molecule has 0 saturated carbocycles. The summed E-state index contributed by atoms with van der Waals surface area (Å²) < 4.78 is 35.8. The maximum Gasteiger partial charge on any atom is 0.152 e. The predicted molar refractivity (Wildman–Crippen MR) is 61.5 cm³/mol. The van der Waals surface area contributed by atoms with Gasteiger partial charge in [-0.1, -0.05) is 0 Å². The van der Waals surface area contributed by atoms with Crippen molar-refractivity contribution in [1.82, 2.24) is 0 Å².